The van der Waals surface area contributed by atoms with Crippen LogP contribution in [0.4, 0.5) is 20.2 Å². The molecule has 0 bridgehead atoms. The molecule has 11 heteroatoms. The summed E-state index contributed by atoms with van der Waals surface area (Å²) in [6, 6.07) is 8.48. The smallest absolute Gasteiger partial charge is 0.313 e. The number of amides is 4. The number of nitrogens with one attached hydrogen (secondary N) is 2. The summed E-state index contributed by atoms with van der Waals surface area (Å²) < 4.78 is 51.1. The molecule has 3 atom stereocenters. The van der Waals surface area contributed by atoms with E-state index >= 15 is 0 Å². The molecular formula is C27H25F2N5O4. The number of anilines is 2. The van der Waals surface area contributed by atoms with Gasteiger partial charge in [0.25, 0.3) is 0 Å². The lowest BCUT2D eigenvalue weighted by Crippen LogP contribution is -2.53. The van der Waals surface area contributed by atoms with Crippen LogP contribution in [-0.4, -0.2) is 59.0 Å². The van der Waals surface area contributed by atoms with Gasteiger partial charge in [0.05, 0.1) is 11.5 Å². The molecule has 0 radical (unpaired) electrons. The van der Waals surface area contributed by atoms with E-state index in [9.17, 15) is 33.2 Å². The quantitative estimate of drug-likeness (QED) is 0.582. The first-order valence-electron chi connectivity index (χ1n) is 13.6. The number of halogens is 2. The maximum Gasteiger partial charge on any atom is 0.313 e. The number of nitrogens with zero attached hydrogens (tertiary/aromatic N) is 3. The molecule has 5 rings (SSSR count). The van der Waals surface area contributed by atoms with Gasteiger partial charge in [0.15, 0.2) is 11.6 Å². The van der Waals surface area contributed by atoms with Gasteiger partial charge in [-0.25, -0.2) is 8.78 Å². The second-order valence-electron chi connectivity index (χ2n) is 9.85. The fraction of sp³-hybridized carbons (Fsp3) is 0.370. The molecule has 2 aliphatic heterocycles. The zero-order chi connectivity index (χ0) is 29.7. The normalized spacial score (nSPS) is 23.9. The number of para-hydroxylation sites is 1. The first-order valence-corrected chi connectivity index (χ1v) is 12.1. The molecule has 38 heavy (non-hydrogen) atoms. The molecule has 2 N–H and O–H groups in total. The van der Waals surface area contributed by atoms with E-state index in [4.69, 9.17) is 4.11 Å². The van der Waals surface area contributed by atoms with Crippen molar-refractivity contribution in [2.24, 2.45) is 5.92 Å². The zero-order valence-electron chi connectivity index (χ0n) is 23.0. The SMILES string of the molecule is [2H]C([2H])([2H])N(C(=O)C(=O)Nc1ccc(F)c(F)c1)[C@@H](CC1CC1)C(=O)N1C[C@]2(C[C@H]1C#N)C(=O)Nc1ccccc12. The molecule has 9 nitrogen and oxygen atoms in total. The Morgan fingerprint density at radius 1 is 1.26 bits per heavy atom. The van der Waals surface area contributed by atoms with Crippen molar-refractivity contribution in [3.63, 3.8) is 0 Å². The van der Waals surface area contributed by atoms with Crippen molar-refractivity contribution < 1.29 is 32.1 Å². The number of likely N-dealkylation sites (tertiary alicyclic amines) is 1. The fourth-order valence-electron chi connectivity index (χ4n) is 5.17. The molecule has 0 unspecified atom stereocenters. The van der Waals surface area contributed by atoms with Crippen molar-refractivity contribution in [3.05, 3.63) is 59.7 Å². The average molecular weight is 525 g/mol. The predicted octanol–water partition coefficient (Wildman–Crippen LogP) is 2.54. The van der Waals surface area contributed by atoms with E-state index < -0.39 is 59.7 Å². The molecule has 2 aromatic rings. The summed E-state index contributed by atoms with van der Waals surface area (Å²) >= 11 is 0. The first kappa shape index (κ1) is 21.7. The number of likely N-dealkylation sites (N-methyl/N-ethyl adjacent to an activating group) is 1. The molecule has 2 heterocycles. The van der Waals surface area contributed by atoms with Gasteiger partial charge in [-0.1, -0.05) is 31.0 Å². The molecule has 1 saturated heterocycles. The summed E-state index contributed by atoms with van der Waals surface area (Å²) in [5.41, 5.74) is -0.384. The van der Waals surface area contributed by atoms with Crippen molar-refractivity contribution >= 4 is 35.0 Å². The van der Waals surface area contributed by atoms with E-state index in [1.54, 1.807) is 24.3 Å². The highest BCUT2D eigenvalue weighted by Gasteiger charge is 2.57. The van der Waals surface area contributed by atoms with Crippen LogP contribution in [0.3, 0.4) is 0 Å². The summed E-state index contributed by atoms with van der Waals surface area (Å²) in [6.07, 6.45) is 1.24. The van der Waals surface area contributed by atoms with E-state index in [0.29, 0.717) is 30.2 Å². The van der Waals surface area contributed by atoms with Gasteiger partial charge in [-0.05, 0) is 36.1 Å². The fourth-order valence-corrected chi connectivity index (χ4v) is 5.17. The van der Waals surface area contributed by atoms with Gasteiger partial charge in [0, 0.05) is 41.5 Å². The topological polar surface area (TPSA) is 123 Å². The van der Waals surface area contributed by atoms with Crippen molar-refractivity contribution in [3.8, 4) is 6.07 Å². The summed E-state index contributed by atoms with van der Waals surface area (Å²) in [6.45, 7) is -3.48. The Kier molecular flexibility index (Phi) is 5.44. The van der Waals surface area contributed by atoms with Gasteiger partial charge in [0.2, 0.25) is 11.8 Å². The summed E-state index contributed by atoms with van der Waals surface area (Å²) in [5.74, 6) is -6.91. The number of hydrogen-bond donors (Lipinski definition) is 2. The highest BCUT2D eigenvalue weighted by molar-refractivity contribution is 6.39. The van der Waals surface area contributed by atoms with Crippen molar-refractivity contribution in [2.45, 2.75) is 43.2 Å². The highest BCUT2D eigenvalue weighted by atomic mass is 19.2. The monoisotopic (exact) mass is 524 g/mol. The van der Waals surface area contributed by atoms with Crippen LogP contribution in [0.15, 0.2) is 42.5 Å². The molecule has 2 fully saturated rings. The average Bonchev–Trinajstić information content (AvgIpc) is 3.59. The van der Waals surface area contributed by atoms with Crippen LogP contribution >= 0.6 is 0 Å². The van der Waals surface area contributed by atoms with Gasteiger partial charge in [0.1, 0.15) is 12.1 Å². The Morgan fingerprint density at radius 2 is 2.03 bits per heavy atom. The third-order valence-corrected chi connectivity index (χ3v) is 7.36. The molecule has 4 amide bonds. The van der Waals surface area contributed by atoms with Crippen LogP contribution < -0.4 is 10.6 Å². The molecule has 196 valence electrons. The van der Waals surface area contributed by atoms with Crippen LogP contribution in [0, 0.1) is 28.9 Å². The van der Waals surface area contributed by atoms with E-state index in [0.717, 1.165) is 17.0 Å². The number of carbonyl (C=O) groups is 4. The number of benzene rings is 2. The minimum atomic E-state index is -3.26. The molecule has 1 saturated carbocycles. The van der Waals surface area contributed by atoms with E-state index in [1.165, 1.54) is 0 Å². The van der Waals surface area contributed by atoms with E-state index in [1.807, 2.05) is 6.07 Å². The number of fused-ring (bicyclic) bond motifs is 2. The molecule has 1 spiro atoms. The lowest BCUT2D eigenvalue weighted by atomic mass is 9.80. The third-order valence-electron chi connectivity index (χ3n) is 7.36. The lowest BCUT2D eigenvalue weighted by molar-refractivity contribution is -0.149. The van der Waals surface area contributed by atoms with Gasteiger partial charge in [-0.3, -0.25) is 19.2 Å². The maximum absolute atomic E-state index is 14.1. The Labute approximate surface area is 221 Å². The van der Waals surface area contributed by atoms with Gasteiger partial charge in [-0.2, -0.15) is 5.26 Å². The Hall–Kier alpha value is -4.33. The van der Waals surface area contributed by atoms with Gasteiger partial charge >= 0.3 is 11.8 Å². The Morgan fingerprint density at radius 3 is 2.71 bits per heavy atom. The van der Waals surface area contributed by atoms with Crippen LogP contribution in [-0.2, 0) is 24.6 Å². The van der Waals surface area contributed by atoms with Crippen molar-refractivity contribution in [2.75, 3.05) is 24.2 Å². The summed E-state index contributed by atoms with van der Waals surface area (Å²) in [4.78, 5) is 54.7. The summed E-state index contributed by atoms with van der Waals surface area (Å²) in [5, 5.41) is 14.8. The molecule has 0 aromatic heterocycles. The van der Waals surface area contributed by atoms with Crippen LogP contribution in [0.5, 0.6) is 0 Å². The maximum atomic E-state index is 14.1. The number of carbonyl (C=O) groups excluding carboxylic acids is 4. The Bertz CT molecular complexity index is 1490. The van der Waals surface area contributed by atoms with E-state index in [2.05, 4.69) is 10.6 Å². The number of hydrogen-bond acceptors (Lipinski definition) is 5. The highest BCUT2D eigenvalue weighted by Crippen LogP contribution is 2.46. The van der Waals surface area contributed by atoms with Crippen molar-refractivity contribution in [1.82, 2.24) is 9.80 Å². The minimum absolute atomic E-state index is 0.0352. The van der Waals surface area contributed by atoms with Gasteiger partial charge < -0.3 is 20.4 Å². The van der Waals surface area contributed by atoms with E-state index in [-0.39, 0.29) is 35.9 Å². The number of nitriles is 1. The predicted molar refractivity (Wildman–Crippen MR) is 131 cm³/mol. The van der Waals surface area contributed by atoms with Crippen LogP contribution in [0.25, 0.3) is 0 Å². The third kappa shape index (κ3) is 4.36. The molecule has 3 aliphatic rings. The number of rotatable bonds is 5. The molecule has 2 aromatic carbocycles. The molecular weight excluding hydrogens is 496 g/mol. The van der Waals surface area contributed by atoms with Gasteiger partial charge in [-0.15, -0.1) is 0 Å². The molecule has 1 aliphatic carbocycles. The largest absolute Gasteiger partial charge is 0.325 e. The van der Waals surface area contributed by atoms with Crippen LogP contribution in [0.2, 0.25) is 0 Å². The van der Waals surface area contributed by atoms with Crippen molar-refractivity contribution in [1.29, 1.82) is 5.26 Å². The minimum Gasteiger partial charge on any atom is -0.325 e. The zero-order valence-corrected chi connectivity index (χ0v) is 20.0. The standard InChI is InChI=1S/C27H25F2N5O4/c1-33(25(37)23(35)31-16-8-9-19(28)20(29)11-16)22(10-15-6-7-15)24(36)34-14-27(12-17(34)13-30)18-4-2-3-5-21(18)32-26(27)38/h2-5,8-9,11,15,17,22H,6-7,10,12,14H2,1H3,(H,31,35)(H,32,38)/t17-,22-,27-/m0/s1/i1D3. The van der Waals surface area contributed by atoms with Crippen LogP contribution in [0.1, 0.15) is 35.4 Å². The second-order valence-corrected chi connectivity index (χ2v) is 9.85. The lowest BCUT2D eigenvalue weighted by Gasteiger charge is -2.32. The summed E-state index contributed by atoms with van der Waals surface area (Å²) in [7, 11) is 0. The first-order chi connectivity index (χ1) is 19.4. The second kappa shape index (κ2) is 9.52. The Balaban J connectivity index is 1.46.